The average Bonchev–Trinajstić information content (AvgIpc) is 2.96. The minimum Gasteiger partial charge on any atom is -0.476 e. The number of carboxylic acid groups (broad SMARTS) is 1. The first-order chi connectivity index (χ1) is 10.6. The summed E-state index contributed by atoms with van der Waals surface area (Å²) >= 11 is 0. The van der Waals surface area contributed by atoms with Crippen molar-refractivity contribution in [2.45, 2.75) is 13.1 Å². The summed E-state index contributed by atoms with van der Waals surface area (Å²) in [6, 6.07) is 8.09. The van der Waals surface area contributed by atoms with Crippen molar-refractivity contribution in [3.8, 4) is 0 Å². The number of benzene rings is 1. The maximum absolute atomic E-state index is 10.8. The van der Waals surface area contributed by atoms with Crippen LogP contribution in [0.3, 0.4) is 0 Å². The molecule has 112 valence electrons. The van der Waals surface area contributed by atoms with Crippen LogP contribution in [0.5, 0.6) is 0 Å². The van der Waals surface area contributed by atoms with Crippen molar-refractivity contribution < 1.29 is 14.3 Å². The fourth-order valence-corrected chi connectivity index (χ4v) is 2.39. The molecule has 0 saturated heterocycles. The zero-order valence-corrected chi connectivity index (χ0v) is 12.1. The molecule has 1 N–H and O–H groups in total. The van der Waals surface area contributed by atoms with Gasteiger partial charge in [0, 0.05) is 24.3 Å². The van der Waals surface area contributed by atoms with Gasteiger partial charge in [-0.05, 0) is 24.1 Å². The van der Waals surface area contributed by atoms with E-state index in [0.717, 1.165) is 17.0 Å². The predicted molar refractivity (Wildman–Crippen MR) is 80.4 cm³/mol. The second-order valence-corrected chi connectivity index (χ2v) is 5.12. The molecule has 0 atom stereocenters. The molecule has 6 nitrogen and oxygen atoms in total. The van der Waals surface area contributed by atoms with Crippen molar-refractivity contribution in [2.75, 3.05) is 7.05 Å². The molecule has 0 amide bonds. The van der Waals surface area contributed by atoms with E-state index in [0.29, 0.717) is 19.0 Å². The summed E-state index contributed by atoms with van der Waals surface area (Å²) in [5.74, 6) is -0.694. The van der Waals surface area contributed by atoms with Crippen LogP contribution in [0.4, 0.5) is 0 Å². The molecule has 0 saturated carbocycles. The van der Waals surface area contributed by atoms with Gasteiger partial charge in [-0.25, -0.2) is 9.78 Å². The normalized spacial score (nSPS) is 11.2. The smallest absolute Gasteiger partial charge is 0.357 e. The number of fused-ring (bicyclic) bond motifs is 1. The van der Waals surface area contributed by atoms with Crippen LogP contribution >= 0.6 is 0 Å². The first-order valence-corrected chi connectivity index (χ1v) is 6.81. The molecule has 0 unspecified atom stereocenters. The molecule has 0 bridgehead atoms. The number of hydrogen-bond acceptors (Lipinski definition) is 5. The van der Waals surface area contributed by atoms with Crippen LogP contribution in [-0.4, -0.2) is 33.0 Å². The van der Waals surface area contributed by atoms with Crippen molar-refractivity contribution in [1.29, 1.82) is 0 Å². The lowest BCUT2D eigenvalue weighted by Gasteiger charge is -2.16. The van der Waals surface area contributed by atoms with E-state index >= 15 is 0 Å². The number of hydrogen-bond donors (Lipinski definition) is 1. The van der Waals surface area contributed by atoms with Crippen molar-refractivity contribution in [3.05, 3.63) is 60.1 Å². The van der Waals surface area contributed by atoms with Crippen molar-refractivity contribution in [1.82, 2.24) is 14.9 Å². The van der Waals surface area contributed by atoms with E-state index < -0.39 is 5.97 Å². The monoisotopic (exact) mass is 297 g/mol. The number of oxazole rings is 1. The zero-order valence-electron chi connectivity index (χ0n) is 12.1. The first kappa shape index (κ1) is 14.2. The Kier molecular flexibility index (Phi) is 3.84. The Morgan fingerprint density at radius 2 is 2.18 bits per heavy atom. The Bertz CT molecular complexity index is 808. The van der Waals surface area contributed by atoms with Crippen LogP contribution in [0.2, 0.25) is 0 Å². The number of rotatable bonds is 5. The van der Waals surface area contributed by atoms with Gasteiger partial charge in [0.25, 0.3) is 0 Å². The molecule has 2 aromatic heterocycles. The highest BCUT2D eigenvalue weighted by molar-refractivity contribution is 5.85. The van der Waals surface area contributed by atoms with Crippen molar-refractivity contribution >= 4 is 16.7 Å². The number of nitrogens with zero attached hydrogens (tertiary/aromatic N) is 3. The molecule has 6 heteroatoms. The maximum Gasteiger partial charge on any atom is 0.357 e. The molecule has 0 aliphatic rings. The lowest BCUT2D eigenvalue weighted by Crippen LogP contribution is -2.17. The third-order valence-electron chi connectivity index (χ3n) is 3.39. The Labute approximate surface area is 127 Å². The van der Waals surface area contributed by atoms with Crippen LogP contribution < -0.4 is 0 Å². The lowest BCUT2D eigenvalue weighted by atomic mass is 10.1. The summed E-state index contributed by atoms with van der Waals surface area (Å²) in [7, 11) is 1.94. The summed E-state index contributed by atoms with van der Waals surface area (Å²) in [5, 5.41) is 11.1. The van der Waals surface area contributed by atoms with Crippen LogP contribution in [0.1, 0.15) is 21.9 Å². The van der Waals surface area contributed by atoms with Gasteiger partial charge in [0.2, 0.25) is 5.89 Å². The molecule has 0 spiro atoms. The molecule has 3 rings (SSSR count). The van der Waals surface area contributed by atoms with Crippen LogP contribution in [0.15, 0.2) is 47.3 Å². The predicted octanol–water partition coefficient (Wildman–Crippen LogP) is 2.55. The quantitative estimate of drug-likeness (QED) is 0.779. The van der Waals surface area contributed by atoms with Gasteiger partial charge < -0.3 is 9.52 Å². The maximum atomic E-state index is 10.8. The van der Waals surface area contributed by atoms with Crippen molar-refractivity contribution in [3.63, 3.8) is 0 Å². The number of aromatic nitrogens is 2. The summed E-state index contributed by atoms with van der Waals surface area (Å²) in [5.41, 5.74) is 1.10. The van der Waals surface area contributed by atoms with Gasteiger partial charge in [0.15, 0.2) is 5.69 Å². The van der Waals surface area contributed by atoms with E-state index in [1.54, 1.807) is 6.20 Å². The van der Waals surface area contributed by atoms with Crippen LogP contribution in [0.25, 0.3) is 10.8 Å². The minimum absolute atomic E-state index is 0.0698. The third-order valence-corrected chi connectivity index (χ3v) is 3.39. The Balaban J connectivity index is 1.75. The first-order valence-electron chi connectivity index (χ1n) is 6.81. The number of carboxylic acids is 1. The lowest BCUT2D eigenvalue weighted by molar-refractivity contribution is 0.0690. The molecular weight excluding hydrogens is 282 g/mol. The highest BCUT2D eigenvalue weighted by atomic mass is 16.4. The fourth-order valence-electron chi connectivity index (χ4n) is 2.39. The molecular formula is C16H15N3O3. The van der Waals surface area contributed by atoms with Gasteiger partial charge >= 0.3 is 5.97 Å². The van der Waals surface area contributed by atoms with Gasteiger partial charge in [-0.15, -0.1) is 0 Å². The van der Waals surface area contributed by atoms with Crippen LogP contribution in [-0.2, 0) is 13.1 Å². The van der Waals surface area contributed by atoms with Gasteiger partial charge in [0.05, 0.1) is 6.54 Å². The minimum atomic E-state index is -1.08. The van der Waals surface area contributed by atoms with Gasteiger partial charge in [0.1, 0.15) is 6.26 Å². The number of aromatic carboxylic acids is 1. The fraction of sp³-hybridized carbons (Fsp3) is 0.188. The molecule has 1 aromatic carbocycles. The highest BCUT2D eigenvalue weighted by Crippen LogP contribution is 2.19. The number of pyridine rings is 1. The molecule has 2 heterocycles. The number of carbonyl (C=O) groups is 1. The topological polar surface area (TPSA) is 79.5 Å². The molecule has 0 aliphatic carbocycles. The van der Waals surface area contributed by atoms with E-state index in [2.05, 4.69) is 16.0 Å². The summed E-state index contributed by atoms with van der Waals surface area (Å²) in [6.07, 6.45) is 4.78. The molecule has 0 aliphatic heterocycles. The second-order valence-electron chi connectivity index (χ2n) is 5.12. The van der Waals surface area contributed by atoms with E-state index in [-0.39, 0.29) is 5.69 Å². The van der Waals surface area contributed by atoms with Gasteiger partial charge in [-0.3, -0.25) is 9.88 Å². The zero-order chi connectivity index (χ0) is 15.5. The third kappa shape index (κ3) is 2.96. The molecule has 0 fully saturated rings. The van der Waals surface area contributed by atoms with Crippen molar-refractivity contribution in [2.24, 2.45) is 0 Å². The van der Waals surface area contributed by atoms with E-state index in [1.807, 2.05) is 36.3 Å². The summed E-state index contributed by atoms with van der Waals surface area (Å²) in [4.78, 5) is 20.9. The Hall–Kier alpha value is -2.73. The molecule has 22 heavy (non-hydrogen) atoms. The summed E-state index contributed by atoms with van der Waals surface area (Å²) in [6.45, 7) is 1.14. The van der Waals surface area contributed by atoms with Crippen LogP contribution in [0, 0.1) is 0 Å². The standard InChI is InChI=1S/C16H15N3O3/c1-19(9-15-18-14(10-22-15)16(20)21)8-12-4-2-3-11-7-17-6-5-13(11)12/h2-7,10H,8-9H2,1H3,(H,20,21). The Morgan fingerprint density at radius 3 is 2.95 bits per heavy atom. The Morgan fingerprint density at radius 1 is 1.32 bits per heavy atom. The SMILES string of the molecule is CN(Cc1nc(C(=O)O)co1)Cc1cccc2cnccc12. The van der Waals surface area contributed by atoms with Gasteiger partial charge in [-0.2, -0.15) is 0 Å². The summed E-state index contributed by atoms with van der Waals surface area (Å²) < 4.78 is 5.18. The second kappa shape index (κ2) is 5.95. The molecule has 0 radical (unpaired) electrons. The molecule has 3 aromatic rings. The highest BCUT2D eigenvalue weighted by Gasteiger charge is 2.12. The van der Waals surface area contributed by atoms with E-state index in [9.17, 15) is 4.79 Å². The average molecular weight is 297 g/mol. The van der Waals surface area contributed by atoms with Gasteiger partial charge in [-0.1, -0.05) is 18.2 Å². The largest absolute Gasteiger partial charge is 0.476 e. The van der Waals surface area contributed by atoms with E-state index in [1.165, 1.54) is 5.56 Å². The van der Waals surface area contributed by atoms with E-state index in [4.69, 9.17) is 9.52 Å².